The van der Waals surface area contributed by atoms with Crippen LogP contribution < -0.4 is 14.8 Å². The van der Waals surface area contributed by atoms with Crippen molar-refractivity contribution in [2.24, 2.45) is 0 Å². The van der Waals surface area contributed by atoms with Crippen LogP contribution in [-0.4, -0.2) is 34.4 Å². The minimum absolute atomic E-state index is 0.0165. The number of carbonyl (C=O) groups excluding carboxylic acids is 1. The molecule has 0 saturated heterocycles. The van der Waals surface area contributed by atoms with Crippen molar-refractivity contribution in [3.63, 3.8) is 0 Å². The lowest BCUT2D eigenvalue weighted by Gasteiger charge is -2.19. The number of nitrogens with one attached hydrogen (secondary N) is 1. The van der Waals surface area contributed by atoms with Crippen molar-refractivity contribution in [2.75, 3.05) is 24.3 Å². The van der Waals surface area contributed by atoms with E-state index in [0.717, 1.165) is 53.0 Å². The molecule has 0 radical (unpaired) electrons. The second-order valence-corrected chi connectivity index (χ2v) is 8.47. The average molecular weight is 452 g/mol. The van der Waals surface area contributed by atoms with E-state index < -0.39 is 0 Å². The molecule has 32 heavy (non-hydrogen) atoms. The fraction of sp³-hybridized carbons (Fsp3) is 0.360. The number of amides is 1. The summed E-state index contributed by atoms with van der Waals surface area (Å²) in [5.74, 6) is 1.82. The second-order valence-electron chi connectivity index (χ2n) is 7.52. The molecule has 2 aromatic carbocycles. The van der Waals surface area contributed by atoms with Crippen LogP contribution in [0.4, 0.5) is 5.69 Å². The van der Waals surface area contributed by atoms with Crippen molar-refractivity contribution in [1.29, 1.82) is 0 Å². The van der Waals surface area contributed by atoms with E-state index in [9.17, 15) is 4.79 Å². The Hall–Kier alpha value is -2.93. The molecule has 1 aromatic heterocycles. The highest BCUT2D eigenvalue weighted by atomic mass is 32.2. The second kappa shape index (κ2) is 10.1. The summed E-state index contributed by atoms with van der Waals surface area (Å²) in [4.78, 5) is 17.4. The molecule has 2 heterocycles. The van der Waals surface area contributed by atoms with Gasteiger partial charge in [0.05, 0.1) is 17.6 Å². The summed E-state index contributed by atoms with van der Waals surface area (Å²) in [5.41, 5.74) is 5.30. The summed E-state index contributed by atoms with van der Waals surface area (Å²) in [6, 6.07) is 12.2. The van der Waals surface area contributed by atoms with Crippen molar-refractivity contribution < 1.29 is 14.3 Å². The van der Waals surface area contributed by atoms with Gasteiger partial charge in [-0.15, -0.1) is 0 Å². The molecule has 1 aliphatic rings. The first kappa shape index (κ1) is 22.3. The number of para-hydroxylation sites is 1. The van der Waals surface area contributed by atoms with Gasteiger partial charge in [-0.3, -0.25) is 4.79 Å². The zero-order valence-corrected chi connectivity index (χ0v) is 19.6. The van der Waals surface area contributed by atoms with E-state index in [0.29, 0.717) is 19.0 Å². The number of thioether (sulfide) groups is 1. The SMILES string of the molecule is CCc1cccc(CC)c1NC(=O)CSc1ncc(-c2ccc3c(c2)OCCO3)n1CC. The maximum atomic E-state index is 12.8. The molecule has 7 heteroatoms. The number of imidazole rings is 1. The number of carbonyl (C=O) groups is 1. The van der Waals surface area contributed by atoms with Crippen LogP contribution >= 0.6 is 11.8 Å². The van der Waals surface area contributed by atoms with Crippen LogP contribution in [-0.2, 0) is 24.2 Å². The number of aromatic nitrogens is 2. The third-order valence-electron chi connectivity index (χ3n) is 5.57. The van der Waals surface area contributed by atoms with E-state index in [1.807, 2.05) is 24.4 Å². The number of benzene rings is 2. The highest BCUT2D eigenvalue weighted by molar-refractivity contribution is 7.99. The van der Waals surface area contributed by atoms with Crippen molar-refractivity contribution in [2.45, 2.75) is 45.3 Å². The third kappa shape index (κ3) is 4.63. The molecule has 1 N–H and O–H groups in total. The van der Waals surface area contributed by atoms with E-state index in [1.54, 1.807) is 0 Å². The molecule has 1 aliphatic heterocycles. The Morgan fingerprint density at radius 1 is 1.06 bits per heavy atom. The average Bonchev–Trinajstić information content (AvgIpc) is 3.25. The maximum Gasteiger partial charge on any atom is 0.234 e. The fourth-order valence-electron chi connectivity index (χ4n) is 3.92. The number of nitrogens with zero attached hydrogens (tertiary/aromatic N) is 2. The number of ether oxygens (including phenoxy) is 2. The number of hydrogen-bond donors (Lipinski definition) is 1. The highest BCUT2D eigenvalue weighted by Crippen LogP contribution is 2.35. The molecule has 4 rings (SSSR count). The van der Waals surface area contributed by atoms with Crippen LogP contribution in [0.3, 0.4) is 0 Å². The lowest BCUT2D eigenvalue weighted by Crippen LogP contribution is -2.17. The van der Waals surface area contributed by atoms with Crippen molar-refractivity contribution in [3.8, 4) is 22.8 Å². The summed E-state index contributed by atoms with van der Waals surface area (Å²) in [5, 5.41) is 3.96. The molecule has 1 amide bonds. The van der Waals surface area contributed by atoms with Crippen molar-refractivity contribution in [3.05, 3.63) is 53.7 Å². The van der Waals surface area contributed by atoms with Crippen LogP contribution in [0.1, 0.15) is 31.9 Å². The fourth-order valence-corrected chi connectivity index (χ4v) is 4.76. The number of rotatable bonds is 8. The van der Waals surface area contributed by atoms with Gasteiger partial charge < -0.3 is 19.4 Å². The van der Waals surface area contributed by atoms with Crippen molar-refractivity contribution >= 4 is 23.4 Å². The minimum Gasteiger partial charge on any atom is -0.486 e. The minimum atomic E-state index is -0.0165. The van der Waals surface area contributed by atoms with Crippen LogP contribution in [0.25, 0.3) is 11.3 Å². The Balaban J connectivity index is 1.48. The van der Waals surface area contributed by atoms with Crippen LogP contribution in [0, 0.1) is 0 Å². The largest absolute Gasteiger partial charge is 0.486 e. The number of anilines is 1. The first-order chi connectivity index (χ1) is 15.6. The Labute approximate surface area is 193 Å². The van der Waals surface area contributed by atoms with Gasteiger partial charge in [0.25, 0.3) is 0 Å². The van der Waals surface area contributed by atoms with E-state index in [1.165, 1.54) is 22.9 Å². The molecule has 0 saturated carbocycles. The Bertz CT molecular complexity index is 1090. The highest BCUT2D eigenvalue weighted by Gasteiger charge is 2.17. The van der Waals surface area contributed by atoms with Gasteiger partial charge in [-0.25, -0.2) is 4.98 Å². The van der Waals surface area contributed by atoms with E-state index in [2.05, 4.69) is 53.8 Å². The van der Waals surface area contributed by atoms with E-state index in [4.69, 9.17) is 9.47 Å². The standard InChI is InChI=1S/C25H29N3O3S/c1-4-17-8-7-9-18(5-2)24(17)27-23(29)16-32-25-26-15-20(28(25)6-3)19-10-11-21-22(14-19)31-13-12-30-21/h7-11,14-15H,4-6,12-13,16H2,1-3H3,(H,27,29). The quantitative estimate of drug-likeness (QED) is 0.477. The Morgan fingerprint density at radius 3 is 2.47 bits per heavy atom. The van der Waals surface area contributed by atoms with Gasteiger partial charge in [-0.1, -0.05) is 43.8 Å². The third-order valence-corrected chi connectivity index (χ3v) is 6.56. The van der Waals surface area contributed by atoms with Crippen LogP contribution in [0.2, 0.25) is 0 Å². The van der Waals surface area contributed by atoms with Gasteiger partial charge in [-0.2, -0.15) is 0 Å². The lowest BCUT2D eigenvalue weighted by atomic mass is 10.0. The predicted octanol–water partition coefficient (Wildman–Crippen LogP) is 5.20. The van der Waals surface area contributed by atoms with Gasteiger partial charge in [0.1, 0.15) is 13.2 Å². The van der Waals surface area contributed by atoms with E-state index in [-0.39, 0.29) is 5.91 Å². The van der Waals surface area contributed by atoms with E-state index >= 15 is 0 Å². The lowest BCUT2D eigenvalue weighted by molar-refractivity contribution is -0.113. The summed E-state index contributed by atoms with van der Waals surface area (Å²) in [7, 11) is 0. The molecule has 0 bridgehead atoms. The van der Waals surface area contributed by atoms with Crippen LogP contribution in [0.15, 0.2) is 47.8 Å². The molecule has 0 fully saturated rings. The number of aryl methyl sites for hydroxylation is 2. The molecule has 6 nitrogen and oxygen atoms in total. The summed E-state index contributed by atoms with van der Waals surface area (Å²) < 4.78 is 13.5. The van der Waals surface area contributed by atoms with Crippen LogP contribution in [0.5, 0.6) is 11.5 Å². The summed E-state index contributed by atoms with van der Waals surface area (Å²) in [6.45, 7) is 8.18. The number of hydrogen-bond acceptors (Lipinski definition) is 5. The first-order valence-electron chi connectivity index (χ1n) is 11.1. The van der Waals surface area contributed by atoms with Gasteiger partial charge in [0, 0.05) is 17.8 Å². The maximum absolute atomic E-state index is 12.8. The molecule has 0 atom stereocenters. The Kier molecular flexibility index (Phi) is 7.05. The van der Waals surface area contributed by atoms with Gasteiger partial charge in [-0.05, 0) is 49.1 Å². The normalized spacial score (nSPS) is 12.6. The summed E-state index contributed by atoms with van der Waals surface area (Å²) >= 11 is 1.45. The van der Waals surface area contributed by atoms with Gasteiger partial charge in [0.15, 0.2) is 16.7 Å². The predicted molar refractivity (Wildman–Crippen MR) is 129 cm³/mol. The molecule has 0 spiro atoms. The van der Waals surface area contributed by atoms with Crippen molar-refractivity contribution in [1.82, 2.24) is 9.55 Å². The molecular formula is C25H29N3O3S. The first-order valence-corrected chi connectivity index (χ1v) is 12.1. The molecule has 0 aliphatic carbocycles. The topological polar surface area (TPSA) is 65.4 Å². The Morgan fingerprint density at radius 2 is 1.78 bits per heavy atom. The zero-order chi connectivity index (χ0) is 22.5. The monoisotopic (exact) mass is 451 g/mol. The smallest absolute Gasteiger partial charge is 0.234 e. The molecule has 3 aromatic rings. The molecular weight excluding hydrogens is 422 g/mol. The number of fused-ring (bicyclic) bond motifs is 1. The van der Waals surface area contributed by atoms with Gasteiger partial charge in [0.2, 0.25) is 5.91 Å². The van der Waals surface area contributed by atoms with Gasteiger partial charge >= 0.3 is 0 Å². The molecule has 0 unspecified atom stereocenters. The summed E-state index contributed by atoms with van der Waals surface area (Å²) in [6.07, 6.45) is 3.63. The zero-order valence-electron chi connectivity index (χ0n) is 18.8. The molecule has 168 valence electrons.